The van der Waals surface area contributed by atoms with Crippen molar-refractivity contribution in [3.8, 4) is 0 Å². The predicted molar refractivity (Wildman–Crippen MR) is 58.3 cm³/mol. The van der Waals surface area contributed by atoms with Crippen LogP contribution < -0.4 is 0 Å². The van der Waals surface area contributed by atoms with E-state index in [-0.39, 0.29) is 0 Å². The van der Waals surface area contributed by atoms with Crippen LogP contribution in [0, 0.1) is 23.2 Å². The molecule has 1 heterocycles. The van der Waals surface area contributed by atoms with Crippen LogP contribution in [0.15, 0.2) is 0 Å². The molecule has 0 amide bonds. The molecular weight excluding hydrogens is 220 g/mol. The Hall–Kier alpha value is -0.610. The highest BCUT2D eigenvalue weighted by Crippen LogP contribution is 2.65. The van der Waals surface area contributed by atoms with Crippen molar-refractivity contribution >= 4 is 5.97 Å². The molecule has 1 N–H and O–H groups in total. The second-order valence-corrected chi connectivity index (χ2v) is 6.35. The van der Waals surface area contributed by atoms with E-state index in [4.69, 9.17) is 9.47 Å². The summed E-state index contributed by atoms with van der Waals surface area (Å²) in [5.41, 5.74) is -0.461. The first-order valence-corrected chi connectivity index (χ1v) is 6.66. The molecule has 0 unspecified atom stereocenters. The van der Waals surface area contributed by atoms with Gasteiger partial charge in [-0.3, -0.25) is 4.79 Å². The van der Waals surface area contributed by atoms with Gasteiger partial charge in [-0.1, -0.05) is 0 Å². The molecule has 5 aliphatic rings. The minimum absolute atomic E-state index is 0.312. The Kier molecular flexibility index (Phi) is 1.84. The van der Waals surface area contributed by atoms with E-state index in [0.29, 0.717) is 31.0 Å². The van der Waals surface area contributed by atoms with Crippen LogP contribution in [0.2, 0.25) is 0 Å². The van der Waals surface area contributed by atoms with Crippen LogP contribution in [0.1, 0.15) is 32.1 Å². The second kappa shape index (κ2) is 3.04. The standard InChI is InChI=1S/C13H18O4/c14-11(15)12-5-8-3-9(6-12)13(10(4-8)7-12)16-1-2-17-13/h8-10H,1-7H2,(H,14,15)/t8-,9-,10+,12-. The minimum atomic E-state index is -0.593. The van der Waals surface area contributed by atoms with Gasteiger partial charge in [-0.2, -0.15) is 0 Å². The Bertz CT molecular complexity index is 354. The first-order chi connectivity index (χ1) is 8.15. The summed E-state index contributed by atoms with van der Waals surface area (Å²) < 4.78 is 11.9. The maximum Gasteiger partial charge on any atom is 0.309 e. The highest BCUT2D eigenvalue weighted by atomic mass is 16.7. The van der Waals surface area contributed by atoms with Crippen LogP contribution in [0.4, 0.5) is 0 Å². The van der Waals surface area contributed by atoms with Gasteiger partial charge in [-0.25, -0.2) is 0 Å². The van der Waals surface area contributed by atoms with Crippen molar-refractivity contribution in [1.82, 2.24) is 0 Å². The van der Waals surface area contributed by atoms with Crippen LogP contribution in [0.3, 0.4) is 0 Å². The average Bonchev–Trinajstić information content (AvgIpc) is 2.75. The molecule has 5 fully saturated rings. The summed E-state index contributed by atoms with van der Waals surface area (Å²) in [4.78, 5) is 11.6. The lowest BCUT2D eigenvalue weighted by atomic mass is 9.47. The Morgan fingerprint density at radius 3 is 2.18 bits per heavy atom. The topological polar surface area (TPSA) is 55.8 Å². The van der Waals surface area contributed by atoms with E-state index in [0.717, 1.165) is 32.1 Å². The summed E-state index contributed by atoms with van der Waals surface area (Å²) in [5.74, 6) is 0.210. The van der Waals surface area contributed by atoms with Crippen molar-refractivity contribution in [1.29, 1.82) is 0 Å². The molecule has 17 heavy (non-hydrogen) atoms. The minimum Gasteiger partial charge on any atom is -0.481 e. The number of carboxylic acid groups (broad SMARTS) is 1. The van der Waals surface area contributed by atoms with Crippen molar-refractivity contribution in [2.45, 2.75) is 37.9 Å². The van der Waals surface area contributed by atoms with Crippen molar-refractivity contribution < 1.29 is 19.4 Å². The second-order valence-electron chi connectivity index (χ2n) is 6.35. The summed E-state index contributed by atoms with van der Waals surface area (Å²) in [6.45, 7) is 1.36. The molecule has 4 nitrogen and oxygen atoms in total. The van der Waals surface area contributed by atoms with Crippen molar-refractivity contribution in [2.24, 2.45) is 23.2 Å². The molecule has 5 rings (SSSR count). The monoisotopic (exact) mass is 238 g/mol. The molecule has 94 valence electrons. The van der Waals surface area contributed by atoms with Gasteiger partial charge in [0.25, 0.3) is 0 Å². The summed E-state index contributed by atoms with van der Waals surface area (Å²) >= 11 is 0. The van der Waals surface area contributed by atoms with Crippen LogP contribution in [-0.4, -0.2) is 30.1 Å². The highest BCUT2D eigenvalue weighted by molar-refractivity contribution is 5.75. The fraction of sp³-hybridized carbons (Fsp3) is 0.923. The Morgan fingerprint density at radius 2 is 1.65 bits per heavy atom. The van der Waals surface area contributed by atoms with E-state index in [1.54, 1.807) is 0 Å². The van der Waals surface area contributed by atoms with E-state index in [2.05, 4.69) is 0 Å². The third kappa shape index (κ3) is 1.13. The molecule has 0 aromatic carbocycles. The number of hydrogen-bond acceptors (Lipinski definition) is 3. The smallest absolute Gasteiger partial charge is 0.309 e. The van der Waals surface area contributed by atoms with E-state index in [1.807, 2.05) is 0 Å². The van der Waals surface area contributed by atoms with Gasteiger partial charge < -0.3 is 14.6 Å². The molecule has 4 atom stereocenters. The summed E-state index contributed by atoms with van der Waals surface area (Å²) in [5, 5.41) is 9.53. The maximum absolute atomic E-state index is 11.6. The Labute approximate surface area is 100 Å². The summed E-state index contributed by atoms with van der Waals surface area (Å²) in [6.07, 6.45) is 4.60. The third-order valence-corrected chi connectivity index (χ3v) is 5.52. The predicted octanol–water partition coefficient (Wildman–Crippen LogP) is 1.64. The van der Waals surface area contributed by atoms with Crippen molar-refractivity contribution in [3.63, 3.8) is 0 Å². The Balaban J connectivity index is 1.74. The van der Waals surface area contributed by atoms with E-state index in [9.17, 15) is 9.90 Å². The molecule has 0 aromatic heterocycles. The molecule has 4 heteroatoms. The third-order valence-electron chi connectivity index (χ3n) is 5.52. The lowest BCUT2D eigenvalue weighted by molar-refractivity contribution is -0.300. The molecule has 1 aliphatic heterocycles. The molecule has 0 aromatic rings. The van der Waals surface area contributed by atoms with Gasteiger partial charge in [0, 0.05) is 11.8 Å². The fourth-order valence-corrected chi connectivity index (χ4v) is 5.10. The number of hydrogen-bond donors (Lipinski definition) is 1. The molecule has 4 saturated carbocycles. The lowest BCUT2D eigenvalue weighted by Crippen LogP contribution is -2.63. The van der Waals surface area contributed by atoms with Gasteiger partial charge in [0.05, 0.1) is 18.6 Å². The van der Waals surface area contributed by atoms with E-state index < -0.39 is 17.2 Å². The maximum atomic E-state index is 11.6. The van der Waals surface area contributed by atoms with Gasteiger partial charge in [0.2, 0.25) is 0 Å². The molecule has 1 spiro atoms. The van der Waals surface area contributed by atoms with Crippen LogP contribution in [-0.2, 0) is 14.3 Å². The van der Waals surface area contributed by atoms with Gasteiger partial charge in [0.15, 0.2) is 5.79 Å². The number of rotatable bonds is 1. The molecule has 1 saturated heterocycles. The first kappa shape index (κ1) is 10.3. The largest absolute Gasteiger partial charge is 0.481 e. The van der Waals surface area contributed by atoms with Crippen molar-refractivity contribution in [2.75, 3.05) is 13.2 Å². The number of ether oxygens (including phenoxy) is 2. The average molecular weight is 238 g/mol. The quantitative estimate of drug-likeness (QED) is 0.754. The van der Waals surface area contributed by atoms with Gasteiger partial charge in [-0.15, -0.1) is 0 Å². The number of carboxylic acids is 1. The van der Waals surface area contributed by atoms with Gasteiger partial charge in [0.1, 0.15) is 0 Å². The van der Waals surface area contributed by atoms with Crippen molar-refractivity contribution in [3.05, 3.63) is 0 Å². The normalized spacial score (nSPS) is 50.0. The van der Waals surface area contributed by atoms with Crippen LogP contribution >= 0.6 is 0 Å². The highest BCUT2D eigenvalue weighted by Gasteiger charge is 2.67. The van der Waals surface area contributed by atoms with E-state index in [1.165, 1.54) is 0 Å². The Morgan fingerprint density at radius 1 is 1.06 bits per heavy atom. The zero-order valence-corrected chi connectivity index (χ0v) is 9.85. The van der Waals surface area contributed by atoms with E-state index >= 15 is 0 Å². The SMILES string of the molecule is O=C(O)[C@]12C[C@@H]3C[C@H](C1)C1(OCCO1)[C@@H](C3)C2. The molecule has 4 bridgehead atoms. The lowest BCUT2D eigenvalue weighted by Gasteiger charge is -2.61. The molecule has 4 aliphatic carbocycles. The summed E-state index contributed by atoms with van der Waals surface area (Å²) in [6, 6.07) is 0. The first-order valence-electron chi connectivity index (χ1n) is 6.66. The zero-order valence-electron chi connectivity index (χ0n) is 9.85. The molecule has 0 radical (unpaired) electrons. The van der Waals surface area contributed by atoms with Crippen LogP contribution in [0.5, 0.6) is 0 Å². The molecular formula is C13H18O4. The zero-order chi connectivity index (χ0) is 11.7. The van der Waals surface area contributed by atoms with Gasteiger partial charge in [-0.05, 0) is 38.0 Å². The summed E-state index contributed by atoms with van der Waals surface area (Å²) in [7, 11) is 0. The number of aliphatic carboxylic acids is 1. The fourth-order valence-electron chi connectivity index (χ4n) is 5.10. The van der Waals surface area contributed by atoms with Crippen LogP contribution in [0.25, 0.3) is 0 Å². The number of carbonyl (C=O) groups is 1. The van der Waals surface area contributed by atoms with Gasteiger partial charge >= 0.3 is 5.97 Å².